The molecule has 1 aliphatic rings. The monoisotopic (exact) mass is 403 g/mol. The van der Waals surface area contributed by atoms with Crippen LogP contribution in [0.25, 0.3) is 0 Å². The van der Waals surface area contributed by atoms with Gasteiger partial charge in [-0.25, -0.2) is 0 Å². The number of ether oxygens (including phenoxy) is 2. The summed E-state index contributed by atoms with van der Waals surface area (Å²) >= 11 is 1.25. The van der Waals surface area contributed by atoms with E-state index in [0.29, 0.717) is 16.2 Å². The molecule has 2 heterocycles. The fourth-order valence-corrected chi connectivity index (χ4v) is 3.80. The Morgan fingerprint density at radius 2 is 1.96 bits per heavy atom. The summed E-state index contributed by atoms with van der Waals surface area (Å²) in [5.74, 6) is -0.889. The zero-order valence-electron chi connectivity index (χ0n) is 15.3. The molecule has 1 aromatic carbocycles. The molecule has 3 rings (SSSR count). The SMILES string of the molecule is COc1ccc(C2C(C(=O)c3cccs3)=C(O)C(=O)N2CCOCCO)cc1. The van der Waals surface area contributed by atoms with Crippen LogP contribution in [0.15, 0.2) is 53.1 Å². The van der Waals surface area contributed by atoms with E-state index in [0.717, 1.165) is 0 Å². The maximum Gasteiger partial charge on any atom is 0.290 e. The quantitative estimate of drug-likeness (QED) is 0.493. The van der Waals surface area contributed by atoms with Crippen LogP contribution >= 0.6 is 11.3 Å². The average Bonchev–Trinajstić information content (AvgIpc) is 3.33. The summed E-state index contributed by atoms with van der Waals surface area (Å²) in [5.41, 5.74) is 0.736. The van der Waals surface area contributed by atoms with Crippen LogP contribution in [0.4, 0.5) is 0 Å². The van der Waals surface area contributed by atoms with Crippen molar-refractivity contribution in [1.82, 2.24) is 4.90 Å². The summed E-state index contributed by atoms with van der Waals surface area (Å²) in [7, 11) is 1.55. The molecule has 7 nitrogen and oxygen atoms in total. The van der Waals surface area contributed by atoms with E-state index in [1.807, 2.05) is 0 Å². The molecule has 1 amide bonds. The minimum atomic E-state index is -0.731. The van der Waals surface area contributed by atoms with Crippen LogP contribution in [0.3, 0.4) is 0 Å². The van der Waals surface area contributed by atoms with Gasteiger partial charge < -0.3 is 24.6 Å². The Hall–Kier alpha value is -2.68. The number of carbonyl (C=O) groups excluding carboxylic acids is 2. The number of amides is 1. The van der Waals surface area contributed by atoms with Gasteiger partial charge in [0, 0.05) is 6.54 Å². The lowest BCUT2D eigenvalue weighted by molar-refractivity contribution is -0.130. The molecule has 0 bridgehead atoms. The van der Waals surface area contributed by atoms with Crippen LogP contribution in [0, 0.1) is 0 Å². The number of nitrogens with zero attached hydrogens (tertiary/aromatic N) is 1. The van der Waals surface area contributed by atoms with Crippen LogP contribution < -0.4 is 4.74 Å². The fourth-order valence-electron chi connectivity index (χ4n) is 3.12. The van der Waals surface area contributed by atoms with Crippen LogP contribution in [-0.4, -0.2) is 60.3 Å². The number of methoxy groups -OCH3 is 1. The van der Waals surface area contributed by atoms with Gasteiger partial charge in [-0.2, -0.15) is 0 Å². The molecular weight excluding hydrogens is 382 g/mol. The molecule has 1 atom stereocenters. The van der Waals surface area contributed by atoms with E-state index in [-0.39, 0.29) is 37.7 Å². The third-order valence-electron chi connectivity index (χ3n) is 4.44. The number of rotatable bonds is 9. The van der Waals surface area contributed by atoms with Gasteiger partial charge in [0.2, 0.25) is 5.78 Å². The number of aliphatic hydroxyl groups excluding tert-OH is 2. The maximum absolute atomic E-state index is 13.0. The predicted octanol–water partition coefficient (Wildman–Crippen LogP) is 2.34. The molecule has 148 valence electrons. The summed E-state index contributed by atoms with van der Waals surface area (Å²) in [5, 5.41) is 21.1. The van der Waals surface area contributed by atoms with Gasteiger partial charge in [0.25, 0.3) is 5.91 Å². The highest BCUT2D eigenvalue weighted by Gasteiger charge is 2.43. The molecule has 0 saturated carbocycles. The van der Waals surface area contributed by atoms with Crippen molar-refractivity contribution in [3.8, 4) is 5.75 Å². The van der Waals surface area contributed by atoms with E-state index in [1.54, 1.807) is 48.9 Å². The van der Waals surface area contributed by atoms with Crippen molar-refractivity contribution < 1.29 is 29.3 Å². The van der Waals surface area contributed by atoms with Crippen LogP contribution in [0.2, 0.25) is 0 Å². The number of Topliss-reactive ketones (excluding diaryl/α,β-unsaturated/α-hetero) is 1. The fraction of sp³-hybridized carbons (Fsp3) is 0.300. The third kappa shape index (κ3) is 3.94. The number of aliphatic hydroxyl groups is 2. The topological polar surface area (TPSA) is 96.3 Å². The summed E-state index contributed by atoms with van der Waals surface area (Å²) in [6.07, 6.45) is 0. The molecule has 2 N–H and O–H groups in total. The number of hydrogen-bond acceptors (Lipinski definition) is 7. The second kappa shape index (κ2) is 9.01. The second-order valence-electron chi connectivity index (χ2n) is 6.08. The predicted molar refractivity (Wildman–Crippen MR) is 104 cm³/mol. The molecule has 1 aromatic heterocycles. The highest BCUT2D eigenvalue weighted by atomic mass is 32.1. The van der Waals surface area contributed by atoms with Crippen molar-refractivity contribution >= 4 is 23.0 Å². The van der Waals surface area contributed by atoms with Crippen molar-refractivity contribution in [1.29, 1.82) is 0 Å². The second-order valence-corrected chi connectivity index (χ2v) is 7.03. The Labute approximate surface area is 166 Å². The highest BCUT2D eigenvalue weighted by Crippen LogP contribution is 2.39. The molecule has 1 unspecified atom stereocenters. The molecular formula is C20H21NO6S. The molecule has 8 heteroatoms. The first-order valence-electron chi connectivity index (χ1n) is 8.73. The Morgan fingerprint density at radius 1 is 1.21 bits per heavy atom. The molecule has 0 fully saturated rings. The molecule has 1 aliphatic heterocycles. The number of thiophene rings is 1. The molecule has 0 spiro atoms. The Balaban J connectivity index is 1.96. The van der Waals surface area contributed by atoms with Crippen LogP contribution in [0.1, 0.15) is 21.3 Å². The van der Waals surface area contributed by atoms with E-state index >= 15 is 0 Å². The molecule has 0 radical (unpaired) electrons. The van der Waals surface area contributed by atoms with Gasteiger partial charge in [-0.15, -0.1) is 11.3 Å². The number of benzene rings is 1. The third-order valence-corrected chi connectivity index (χ3v) is 5.31. The lowest BCUT2D eigenvalue weighted by atomic mass is 9.95. The first-order valence-corrected chi connectivity index (χ1v) is 9.61. The van der Waals surface area contributed by atoms with E-state index in [1.165, 1.54) is 16.2 Å². The zero-order chi connectivity index (χ0) is 20.1. The summed E-state index contributed by atoms with van der Waals surface area (Å²) < 4.78 is 10.4. The first kappa shape index (κ1) is 20.1. The molecule has 28 heavy (non-hydrogen) atoms. The highest BCUT2D eigenvalue weighted by molar-refractivity contribution is 7.12. The standard InChI is InChI=1S/C20H21NO6S/c1-26-14-6-4-13(5-7-14)17-16(18(23)15-3-2-12-28-15)19(24)20(25)21(17)8-10-27-11-9-22/h2-7,12,17,22,24H,8-11H2,1H3. The molecule has 2 aromatic rings. The van der Waals surface area contributed by atoms with Gasteiger partial charge in [0.05, 0.1) is 43.4 Å². The smallest absolute Gasteiger partial charge is 0.290 e. The van der Waals surface area contributed by atoms with Gasteiger partial charge in [-0.1, -0.05) is 18.2 Å². The lowest BCUT2D eigenvalue weighted by Crippen LogP contribution is -2.34. The van der Waals surface area contributed by atoms with Crippen molar-refractivity contribution in [2.75, 3.05) is 33.5 Å². The Morgan fingerprint density at radius 3 is 2.57 bits per heavy atom. The van der Waals surface area contributed by atoms with E-state index in [2.05, 4.69) is 0 Å². The van der Waals surface area contributed by atoms with Crippen molar-refractivity contribution in [3.63, 3.8) is 0 Å². The number of ketones is 1. The summed E-state index contributed by atoms with van der Waals surface area (Å²) in [4.78, 5) is 27.6. The first-order chi connectivity index (χ1) is 13.6. The minimum absolute atomic E-state index is 0.0553. The number of carbonyl (C=O) groups is 2. The van der Waals surface area contributed by atoms with Gasteiger partial charge in [-0.3, -0.25) is 9.59 Å². The Bertz CT molecular complexity index is 859. The van der Waals surface area contributed by atoms with Gasteiger partial charge in [-0.05, 0) is 29.1 Å². The van der Waals surface area contributed by atoms with Crippen molar-refractivity contribution in [2.24, 2.45) is 0 Å². The van der Waals surface area contributed by atoms with E-state index in [4.69, 9.17) is 14.6 Å². The van der Waals surface area contributed by atoms with E-state index < -0.39 is 17.7 Å². The van der Waals surface area contributed by atoms with Gasteiger partial charge in [0.1, 0.15) is 5.75 Å². The maximum atomic E-state index is 13.0. The van der Waals surface area contributed by atoms with Crippen LogP contribution in [0.5, 0.6) is 5.75 Å². The normalized spacial score (nSPS) is 16.7. The minimum Gasteiger partial charge on any atom is -0.503 e. The summed E-state index contributed by atoms with van der Waals surface area (Å²) in [6, 6.07) is 9.68. The lowest BCUT2D eigenvalue weighted by Gasteiger charge is -2.26. The number of hydrogen-bond donors (Lipinski definition) is 2. The summed E-state index contributed by atoms with van der Waals surface area (Å²) in [6.45, 7) is 0.366. The van der Waals surface area contributed by atoms with Crippen LogP contribution in [-0.2, 0) is 9.53 Å². The van der Waals surface area contributed by atoms with Crippen molar-refractivity contribution in [2.45, 2.75) is 6.04 Å². The van der Waals surface area contributed by atoms with E-state index in [9.17, 15) is 14.7 Å². The van der Waals surface area contributed by atoms with Gasteiger partial charge in [0.15, 0.2) is 5.76 Å². The molecule has 0 aliphatic carbocycles. The zero-order valence-corrected chi connectivity index (χ0v) is 16.1. The average molecular weight is 403 g/mol. The van der Waals surface area contributed by atoms with Crippen molar-refractivity contribution in [3.05, 3.63) is 63.6 Å². The molecule has 0 saturated heterocycles. The Kier molecular flexibility index (Phi) is 6.45. The van der Waals surface area contributed by atoms with Gasteiger partial charge >= 0.3 is 0 Å². The largest absolute Gasteiger partial charge is 0.503 e.